The lowest BCUT2D eigenvalue weighted by atomic mass is 10.0. The van der Waals surface area contributed by atoms with Crippen LogP contribution in [0, 0.1) is 11.3 Å². The highest BCUT2D eigenvalue weighted by Crippen LogP contribution is 2.22. The van der Waals surface area contributed by atoms with Gasteiger partial charge in [-0.05, 0) is 101 Å². The Bertz CT molecular complexity index is 3750. The molecule has 3 amide bonds. The van der Waals surface area contributed by atoms with E-state index in [0.29, 0.717) is 56.0 Å². The van der Waals surface area contributed by atoms with Crippen molar-refractivity contribution < 1.29 is 28.6 Å². The Kier molecular flexibility index (Phi) is 20.2. The Morgan fingerprint density at radius 1 is 0.415 bits per heavy atom. The number of carbonyl (C=O) groups excluding carboxylic acids is 3. The second-order valence-corrected chi connectivity index (χ2v) is 19.0. The Morgan fingerprint density at radius 3 is 1.32 bits per heavy atom. The van der Waals surface area contributed by atoms with Crippen molar-refractivity contribution in [2.24, 2.45) is 0 Å². The fourth-order valence-corrected chi connectivity index (χ4v) is 8.72. The number of fused-ring (bicyclic) bond motifs is 3. The van der Waals surface area contributed by atoms with Crippen LogP contribution in [0.25, 0.3) is 33.1 Å². The Morgan fingerprint density at radius 2 is 0.829 bits per heavy atom. The molecule has 0 aliphatic heterocycles. The van der Waals surface area contributed by atoms with E-state index < -0.39 is 0 Å². The van der Waals surface area contributed by atoms with Crippen LogP contribution in [0.4, 0.5) is 0 Å². The van der Waals surface area contributed by atoms with Crippen LogP contribution >= 0.6 is 0 Å². The predicted octanol–water partition coefficient (Wildman–Crippen LogP) is 9.96. The number of nitriles is 1. The lowest BCUT2D eigenvalue weighted by molar-refractivity contribution is -0.123. The van der Waals surface area contributed by atoms with Crippen LogP contribution in [0.3, 0.4) is 0 Å². The zero-order chi connectivity index (χ0) is 56.6. The van der Waals surface area contributed by atoms with Gasteiger partial charge in [0.15, 0.2) is 19.8 Å². The highest BCUT2D eigenvalue weighted by Gasteiger charge is 2.11. The zero-order valence-corrected chi connectivity index (χ0v) is 45.1. The topological polar surface area (TPSA) is 225 Å². The van der Waals surface area contributed by atoms with E-state index in [-0.39, 0.29) is 37.5 Å². The van der Waals surface area contributed by atoms with Gasteiger partial charge in [-0.1, -0.05) is 133 Å². The normalized spacial score (nSPS) is 10.6. The second kappa shape index (κ2) is 29.4. The number of imidazole rings is 3. The molecular formula is C66H62N10O6. The van der Waals surface area contributed by atoms with Crippen molar-refractivity contribution in [1.82, 2.24) is 45.9 Å². The largest absolute Gasteiger partial charge is 0.484 e. The van der Waals surface area contributed by atoms with Crippen LogP contribution in [0.2, 0.25) is 0 Å². The summed E-state index contributed by atoms with van der Waals surface area (Å²) >= 11 is 0. The third-order valence-electron chi connectivity index (χ3n) is 12.8. The number of hydrogen-bond acceptors (Lipinski definition) is 10. The lowest BCUT2D eigenvalue weighted by Gasteiger charge is -2.11. The molecule has 11 rings (SSSR count). The maximum Gasteiger partial charge on any atom is 0.257 e. The van der Waals surface area contributed by atoms with Crippen molar-refractivity contribution >= 4 is 50.8 Å². The molecule has 0 saturated heterocycles. The Labute approximate surface area is 475 Å². The molecule has 0 bridgehead atoms. The molecule has 0 aliphatic rings. The van der Waals surface area contributed by atoms with Gasteiger partial charge < -0.3 is 45.1 Å². The summed E-state index contributed by atoms with van der Waals surface area (Å²) in [5, 5.41) is 17.4. The first kappa shape index (κ1) is 56.2. The summed E-state index contributed by atoms with van der Waals surface area (Å²) in [6, 6.07) is 68.5. The maximum atomic E-state index is 12.2. The van der Waals surface area contributed by atoms with Crippen LogP contribution in [0.1, 0.15) is 45.3 Å². The maximum absolute atomic E-state index is 12.2. The number of H-pyrrole nitrogens is 3. The standard InChI is InChI=1S/2C24H23N3O2.C18H16N4O2/c28-24(25-15-14-23-26-20-11-5-6-12-21(20)27-23)17-29-22-13-7-4-10-19(22)16-18-8-2-1-3-9-18;28-24(25-15-14-23-26-21-8-4-5-9-22(21)27-23)17-29-20-12-10-19(11-13-20)16-18-6-2-1-3-7-18;19-11-13-4-3-5-14(10-13)24-12-18(23)20-9-8-17-21-15-6-1-2-7-16(15)22-17/h2*1-13H,14-17H2,(H,25,28)(H,26,27);1-7,10H,8-9,12H2,(H,20,23)(H,21,22). The number of nitrogens with zero attached hydrogens (tertiary/aromatic N) is 4. The van der Waals surface area contributed by atoms with Crippen molar-refractivity contribution in [1.29, 1.82) is 5.26 Å². The third kappa shape index (κ3) is 17.5. The number of carbonyl (C=O) groups is 3. The lowest BCUT2D eigenvalue weighted by Crippen LogP contribution is -2.30. The van der Waals surface area contributed by atoms with E-state index in [9.17, 15) is 14.4 Å². The molecule has 0 saturated carbocycles. The number of benzene rings is 8. The Hall–Kier alpha value is -10.5. The van der Waals surface area contributed by atoms with Crippen LogP contribution in [-0.4, -0.2) is 87.1 Å². The summed E-state index contributed by atoms with van der Waals surface area (Å²) in [6.45, 7) is 1.39. The molecule has 11 aromatic rings. The number of amides is 3. The monoisotopic (exact) mass is 1090 g/mol. The smallest absolute Gasteiger partial charge is 0.257 e. The number of hydrogen-bond donors (Lipinski definition) is 6. The van der Waals surface area contributed by atoms with Crippen molar-refractivity contribution in [3.8, 4) is 23.3 Å². The fourth-order valence-electron chi connectivity index (χ4n) is 8.72. The minimum Gasteiger partial charge on any atom is -0.484 e. The highest BCUT2D eigenvalue weighted by molar-refractivity contribution is 5.79. The molecule has 412 valence electrons. The molecule has 16 nitrogen and oxygen atoms in total. The van der Waals surface area contributed by atoms with Gasteiger partial charge in [-0.2, -0.15) is 5.26 Å². The van der Waals surface area contributed by atoms with Crippen LogP contribution < -0.4 is 30.2 Å². The number of ether oxygens (including phenoxy) is 3. The average molecular weight is 1090 g/mol. The SMILES string of the molecule is N#Cc1cccc(OCC(=O)NCCc2nc3ccccc3[nH]2)c1.O=C(COc1ccc(Cc2ccccc2)cc1)NCCc1nc2ccccc2[nH]1.O=C(COc1ccccc1Cc1ccccc1)NCCc1nc2ccccc2[nH]1. The average Bonchev–Trinajstić information content (AvgIpc) is 4.31. The third-order valence-corrected chi connectivity index (χ3v) is 12.8. The number of para-hydroxylation sites is 7. The van der Waals surface area contributed by atoms with Gasteiger partial charge in [0.25, 0.3) is 17.7 Å². The first-order chi connectivity index (χ1) is 40.3. The molecule has 3 aromatic heterocycles. The molecule has 8 aromatic carbocycles. The van der Waals surface area contributed by atoms with E-state index >= 15 is 0 Å². The van der Waals surface area contributed by atoms with Gasteiger partial charge in [0.05, 0.1) is 44.7 Å². The highest BCUT2D eigenvalue weighted by atomic mass is 16.5. The Balaban J connectivity index is 0.000000149. The summed E-state index contributed by atoms with van der Waals surface area (Å²) in [5.74, 6) is 3.99. The molecule has 82 heavy (non-hydrogen) atoms. The van der Waals surface area contributed by atoms with Gasteiger partial charge in [0.2, 0.25) is 0 Å². The van der Waals surface area contributed by atoms with E-state index in [1.54, 1.807) is 24.3 Å². The molecule has 0 unspecified atom stereocenters. The first-order valence-corrected chi connectivity index (χ1v) is 27.0. The summed E-state index contributed by atoms with van der Waals surface area (Å²) in [5.41, 5.74) is 11.0. The molecule has 0 spiro atoms. The van der Waals surface area contributed by atoms with Gasteiger partial charge in [-0.3, -0.25) is 14.4 Å². The van der Waals surface area contributed by atoms with E-state index in [0.717, 1.165) is 74.7 Å². The quantitative estimate of drug-likeness (QED) is 0.0377. The van der Waals surface area contributed by atoms with Crippen molar-refractivity contribution in [2.45, 2.75) is 32.1 Å². The molecule has 0 radical (unpaired) electrons. The molecular weight excluding hydrogens is 1030 g/mol. The van der Waals surface area contributed by atoms with Gasteiger partial charge in [-0.15, -0.1) is 0 Å². The molecule has 6 N–H and O–H groups in total. The molecule has 3 heterocycles. The number of nitrogens with one attached hydrogen (secondary N) is 6. The van der Waals surface area contributed by atoms with E-state index in [2.05, 4.69) is 70.1 Å². The van der Waals surface area contributed by atoms with Crippen LogP contribution in [0.5, 0.6) is 17.2 Å². The first-order valence-electron chi connectivity index (χ1n) is 27.0. The summed E-state index contributed by atoms with van der Waals surface area (Å²) in [6.07, 6.45) is 3.55. The molecule has 16 heteroatoms. The van der Waals surface area contributed by atoms with E-state index in [1.165, 1.54) is 16.7 Å². The number of rotatable bonds is 22. The zero-order valence-electron chi connectivity index (χ0n) is 45.1. The van der Waals surface area contributed by atoms with Gasteiger partial charge in [-0.25, -0.2) is 15.0 Å². The molecule has 0 atom stereocenters. The molecule has 0 aliphatic carbocycles. The van der Waals surface area contributed by atoms with E-state index in [4.69, 9.17) is 19.5 Å². The van der Waals surface area contributed by atoms with Crippen molar-refractivity contribution in [2.75, 3.05) is 39.5 Å². The predicted molar refractivity (Wildman–Crippen MR) is 317 cm³/mol. The van der Waals surface area contributed by atoms with Crippen LogP contribution in [0.15, 0.2) is 206 Å². The van der Waals surface area contributed by atoms with Gasteiger partial charge in [0, 0.05) is 45.3 Å². The fraction of sp³-hybridized carbons (Fsp3) is 0.167. The number of aromatic nitrogens is 6. The van der Waals surface area contributed by atoms with Crippen molar-refractivity contribution in [3.63, 3.8) is 0 Å². The minimum absolute atomic E-state index is 0.00182. The van der Waals surface area contributed by atoms with Gasteiger partial charge in [0.1, 0.15) is 34.7 Å². The summed E-state index contributed by atoms with van der Waals surface area (Å²) in [4.78, 5) is 59.2. The summed E-state index contributed by atoms with van der Waals surface area (Å²) < 4.78 is 16.7. The molecule has 0 fully saturated rings. The van der Waals surface area contributed by atoms with Crippen LogP contribution in [-0.2, 0) is 46.5 Å². The van der Waals surface area contributed by atoms with E-state index in [1.807, 2.05) is 164 Å². The summed E-state index contributed by atoms with van der Waals surface area (Å²) in [7, 11) is 0. The minimum atomic E-state index is -0.214. The van der Waals surface area contributed by atoms with Crippen molar-refractivity contribution in [3.05, 3.63) is 252 Å². The number of aromatic amines is 3. The van der Waals surface area contributed by atoms with Gasteiger partial charge >= 0.3 is 0 Å². The second-order valence-electron chi connectivity index (χ2n) is 19.0.